The summed E-state index contributed by atoms with van der Waals surface area (Å²) in [6.45, 7) is 9.64. The molecule has 0 aromatic rings. The van der Waals surface area contributed by atoms with Gasteiger partial charge in [0, 0.05) is 38.1 Å². The van der Waals surface area contributed by atoms with Crippen molar-refractivity contribution in [1.29, 1.82) is 0 Å². The van der Waals surface area contributed by atoms with Gasteiger partial charge in [0.25, 0.3) is 0 Å². The number of carbonyl (C=O) groups excluding carboxylic acids is 2. The first-order chi connectivity index (χ1) is 10.6. The minimum absolute atomic E-state index is 0. The fourth-order valence-corrected chi connectivity index (χ4v) is 3.83. The molecule has 0 saturated carbocycles. The second-order valence-electron chi connectivity index (χ2n) is 6.60. The van der Waals surface area contributed by atoms with Crippen molar-refractivity contribution in [2.75, 3.05) is 26.2 Å². The van der Waals surface area contributed by atoms with E-state index in [0.717, 1.165) is 45.3 Å². The summed E-state index contributed by atoms with van der Waals surface area (Å²) in [4.78, 5) is 29.2. The van der Waals surface area contributed by atoms with Crippen LogP contribution in [-0.4, -0.2) is 59.9 Å². The van der Waals surface area contributed by atoms with Crippen LogP contribution in [0.1, 0.15) is 52.9 Å². The van der Waals surface area contributed by atoms with Crippen molar-refractivity contribution in [2.24, 2.45) is 5.92 Å². The molecular formula is C17H32ClN3O2. The van der Waals surface area contributed by atoms with Gasteiger partial charge in [0.05, 0.1) is 5.92 Å². The van der Waals surface area contributed by atoms with E-state index in [4.69, 9.17) is 0 Å². The normalized spacial score (nSPS) is 24.2. The lowest BCUT2D eigenvalue weighted by Gasteiger charge is -2.31. The lowest BCUT2D eigenvalue weighted by atomic mass is 10.0. The van der Waals surface area contributed by atoms with Gasteiger partial charge in [0.15, 0.2) is 0 Å². The highest BCUT2D eigenvalue weighted by Gasteiger charge is 2.40. The number of nitrogens with one attached hydrogen (secondary N) is 1. The van der Waals surface area contributed by atoms with Gasteiger partial charge in [-0.2, -0.15) is 0 Å². The summed E-state index contributed by atoms with van der Waals surface area (Å²) in [5.41, 5.74) is 0. The summed E-state index contributed by atoms with van der Waals surface area (Å²) in [5, 5.41) is 3.34. The summed E-state index contributed by atoms with van der Waals surface area (Å²) in [7, 11) is 0. The van der Waals surface area contributed by atoms with E-state index >= 15 is 0 Å². The van der Waals surface area contributed by atoms with Crippen LogP contribution in [0.2, 0.25) is 0 Å². The molecule has 5 nitrogen and oxygen atoms in total. The van der Waals surface area contributed by atoms with Gasteiger partial charge in [-0.05, 0) is 32.2 Å². The highest BCUT2D eigenvalue weighted by Crippen LogP contribution is 2.26. The minimum Gasteiger partial charge on any atom is -0.339 e. The Balaban J connectivity index is 0.00000264. The van der Waals surface area contributed by atoms with Crippen molar-refractivity contribution in [2.45, 2.75) is 65.0 Å². The molecule has 2 aliphatic heterocycles. The zero-order chi connectivity index (χ0) is 16.1. The van der Waals surface area contributed by atoms with E-state index in [1.54, 1.807) is 0 Å². The van der Waals surface area contributed by atoms with Crippen LogP contribution >= 0.6 is 12.4 Å². The van der Waals surface area contributed by atoms with Crippen LogP contribution in [0.25, 0.3) is 0 Å². The Morgan fingerprint density at radius 1 is 1.35 bits per heavy atom. The molecule has 2 rings (SSSR count). The Kier molecular flexibility index (Phi) is 8.34. The monoisotopic (exact) mass is 345 g/mol. The van der Waals surface area contributed by atoms with E-state index in [-0.39, 0.29) is 36.2 Å². The third-order valence-electron chi connectivity index (χ3n) is 5.11. The molecule has 2 saturated heterocycles. The van der Waals surface area contributed by atoms with Gasteiger partial charge in [0.1, 0.15) is 0 Å². The molecule has 23 heavy (non-hydrogen) atoms. The van der Waals surface area contributed by atoms with Gasteiger partial charge >= 0.3 is 0 Å². The molecule has 0 spiro atoms. The Morgan fingerprint density at radius 3 is 2.57 bits per heavy atom. The van der Waals surface area contributed by atoms with Crippen LogP contribution < -0.4 is 5.32 Å². The van der Waals surface area contributed by atoms with Crippen molar-refractivity contribution in [3.63, 3.8) is 0 Å². The van der Waals surface area contributed by atoms with Crippen molar-refractivity contribution in [3.8, 4) is 0 Å². The van der Waals surface area contributed by atoms with Crippen molar-refractivity contribution >= 4 is 24.2 Å². The largest absolute Gasteiger partial charge is 0.339 e. The van der Waals surface area contributed by atoms with Gasteiger partial charge < -0.3 is 15.1 Å². The molecule has 2 unspecified atom stereocenters. The molecule has 1 N–H and O–H groups in total. The maximum Gasteiger partial charge on any atom is 0.228 e. The van der Waals surface area contributed by atoms with Crippen molar-refractivity contribution in [3.05, 3.63) is 0 Å². The molecule has 134 valence electrons. The van der Waals surface area contributed by atoms with Crippen molar-refractivity contribution < 1.29 is 9.59 Å². The Morgan fingerprint density at radius 2 is 2.04 bits per heavy atom. The van der Waals surface area contributed by atoms with Crippen molar-refractivity contribution in [1.82, 2.24) is 15.1 Å². The standard InChI is InChI=1S/C17H31N3O2.ClH/c1-4-9-19(15-7-8-18-11-15)17(22)13-10-16(21)20(12-13)14(5-2)6-3;/h13-15,18H,4-12H2,1-3H3;1H. The van der Waals surface area contributed by atoms with E-state index in [2.05, 4.69) is 26.1 Å². The smallest absolute Gasteiger partial charge is 0.228 e. The average Bonchev–Trinajstić information content (AvgIpc) is 3.16. The quantitative estimate of drug-likeness (QED) is 0.768. The maximum absolute atomic E-state index is 12.9. The van der Waals surface area contributed by atoms with E-state index < -0.39 is 0 Å². The summed E-state index contributed by atoms with van der Waals surface area (Å²) >= 11 is 0. The number of likely N-dealkylation sites (tertiary alicyclic amines) is 1. The lowest BCUT2D eigenvalue weighted by molar-refractivity contribution is -0.137. The van der Waals surface area contributed by atoms with Crippen LogP contribution in [0.5, 0.6) is 0 Å². The molecular weight excluding hydrogens is 314 g/mol. The predicted molar refractivity (Wildman–Crippen MR) is 94.7 cm³/mol. The minimum atomic E-state index is -0.139. The molecule has 2 atom stereocenters. The first-order valence-corrected chi connectivity index (χ1v) is 8.92. The van der Waals surface area contributed by atoms with E-state index in [1.165, 1.54) is 0 Å². The number of hydrogen-bond acceptors (Lipinski definition) is 3. The molecule has 0 aromatic carbocycles. The maximum atomic E-state index is 12.9. The molecule has 2 fully saturated rings. The van der Waals surface area contributed by atoms with Crippen LogP contribution in [-0.2, 0) is 9.59 Å². The number of nitrogens with zero attached hydrogens (tertiary/aromatic N) is 2. The Labute approximate surface area is 146 Å². The van der Waals surface area contributed by atoms with E-state index in [9.17, 15) is 9.59 Å². The molecule has 2 amide bonds. The summed E-state index contributed by atoms with van der Waals surface area (Å²) < 4.78 is 0. The first-order valence-electron chi connectivity index (χ1n) is 8.92. The van der Waals surface area contributed by atoms with E-state index in [0.29, 0.717) is 19.0 Å². The van der Waals surface area contributed by atoms with Crippen LogP contribution in [0.4, 0.5) is 0 Å². The predicted octanol–water partition coefficient (Wildman–Crippen LogP) is 2.05. The third-order valence-corrected chi connectivity index (χ3v) is 5.11. The Bertz CT molecular complexity index is 395. The van der Waals surface area contributed by atoms with Gasteiger partial charge in [-0.3, -0.25) is 9.59 Å². The SMILES string of the molecule is CCCN(C(=O)C1CC(=O)N(C(CC)CC)C1)C1CCNC1.Cl. The average molecular weight is 346 g/mol. The number of hydrogen-bond donors (Lipinski definition) is 1. The number of amides is 2. The van der Waals surface area contributed by atoms with E-state index in [1.807, 2.05) is 9.80 Å². The molecule has 0 bridgehead atoms. The number of rotatable bonds is 7. The topological polar surface area (TPSA) is 52.7 Å². The summed E-state index contributed by atoms with van der Waals surface area (Å²) in [6.07, 6.45) is 4.33. The van der Waals surface area contributed by atoms with Gasteiger partial charge in [-0.1, -0.05) is 20.8 Å². The molecule has 2 aliphatic rings. The zero-order valence-electron chi connectivity index (χ0n) is 14.7. The van der Waals surface area contributed by atoms with Gasteiger partial charge in [0.2, 0.25) is 11.8 Å². The summed E-state index contributed by atoms with van der Waals surface area (Å²) in [5.74, 6) is 0.214. The fraction of sp³-hybridized carbons (Fsp3) is 0.882. The molecule has 0 radical (unpaired) electrons. The van der Waals surface area contributed by atoms with Crippen LogP contribution in [0.15, 0.2) is 0 Å². The first kappa shape index (κ1) is 20.2. The fourth-order valence-electron chi connectivity index (χ4n) is 3.83. The Hall–Kier alpha value is -0.810. The van der Waals surface area contributed by atoms with Gasteiger partial charge in [-0.15, -0.1) is 12.4 Å². The molecule has 0 aliphatic carbocycles. The van der Waals surface area contributed by atoms with Gasteiger partial charge in [-0.25, -0.2) is 0 Å². The zero-order valence-corrected chi connectivity index (χ0v) is 15.5. The van der Waals surface area contributed by atoms with Crippen LogP contribution in [0, 0.1) is 5.92 Å². The molecule has 0 aromatic heterocycles. The molecule has 2 heterocycles. The molecule has 6 heteroatoms. The second-order valence-corrected chi connectivity index (χ2v) is 6.60. The third kappa shape index (κ3) is 4.60. The van der Waals surface area contributed by atoms with Crippen LogP contribution in [0.3, 0.4) is 0 Å². The number of halogens is 1. The summed E-state index contributed by atoms with van der Waals surface area (Å²) in [6, 6.07) is 0.600. The highest BCUT2D eigenvalue weighted by atomic mass is 35.5. The number of carbonyl (C=O) groups is 2. The lowest BCUT2D eigenvalue weighted by Crippen LogP contribution is -2.46. The second kappa shape index (κ2) is 9.48. The highest BCUT2D eigenvalue weighted by molar-refractivity contribution is 5.89.